The molecule has 106 valence electrons. The van der Waals surface area contributed by atoms with Crippen LogP contribution in [0.3, 0.4) is 0 Å². The van der Waals surface area contributed by atoms with Crippen LogP contribution >= 0.6 is 0 Å². The van der Waals surface area contributed by atoms with E-state index in [1.807, 2.05) is 13.8 Å². The van der Waals surface area contributed by atoms with Crippen molar-refractivity contribution in [3.8, 4) is 0 Å². The molecule has 0 aliphatic carbocycles. The molecular formula is C10H16F3NO4. The highest BCUT2D eigenvalue weighted by molar-refractivity contribution is 5.79. The van der Waals surface area contributed by atoms with Gasteiger partial charge in [0.2, 0.25) is 0 Å². The summed E-state index contributed by atoms with van der Waals surface area (Å²) in [6, 6.07) is -0.143. The van der Waals surface area contributed by atoms with E-state index in [9.17, 15) is 18.0 Å². The van der Waals surface area contributed by atoms with Gasteiger partial charge < -0.3 is 15.9 Å². The molecule has 4 N–H and O–H groups in total. The van der Waals surface area contributed by atoms with Crippen molar-refractivity contribution in [2.75, 3.05) is 0 Å². The predicted molar refractivity (Wildman–Crippen MR) is 57.9 cm³/mol. The third-order valence-electron chi connectivity index (χ3n) is 2.00. The summed E-state index contributed by atoms with van der Waals surface area (Å²) in [6.07, 6.45) is -1.50. The molecule has 0 fully saturated rings. The number of nitrogens with two attached hydrogens (primary N) is 1. The van der Waals surface area contributed by atoms with E-state index in [1.54, 1.807) is 0 Å². The number of halogens is 3. The average molecular weight is 271 g/mol. The summed E-state index contributed by atoms with van der Waals surface area (Å²) in [6.45, 7) is 4.02. The summed E-state index contributed by atoms with van der Waals surface area (Å²) in [7, 11) is 0. The summed E-state index contributed by atoms with van der Waals surface area (Å²) < 4.78 is 31.7. The molecule has 0 aromatic carbocycles. The number of alkyl halides is 3. The molecule has 18 heavy (non-hydrogen) atoms. The number of aliphatic carboxylic acids is 2. The lowest BCUT2D eigenvalue weighted by Crippen LogP contribution is -2.25. The second-order valence-corrected chi connectivity index (χ2v) is 3.46. The van der Waals surface area contributed by atoms with Gasteiger partial charge in [0, 0.05) is 12.1 Å². The fraction of sp³-hybridized carbons (Fsp3) is 0.600. The van der Waals surface area contributed by atoms with Gasteiger partial charge in [-0.15, -0.1) is 0 Å². The van der Waals surface area contributed by atoms with E-state index in [-0.39, 0.29) is 6.04 Å². The van der Waals surface area contributed by atoms with Crippen molar-refractivity contribution in [1.29, 1.82) is 0 Å². The zero-order chi connectivity index (χ0) is 14.9. The van der Waals surface area contributed by atoms with Gasteiger partial charge in [0.1, 0.15) is 0 Å². The Bertz CT molecular complexity index is 302. The van der Waals surface area contributed by atoms with Gasteiger partial charge in [0.25, 0.3) is 0 Å². The molecule has 5 nitrogen and oxygen atoms in total. The second-order valence-electron chi connectivity index (χ2n) is 3.46. The molecule has 0 heterocycles. The van der Waals surface area contributed by atoms with Crippen molar-refractivity contribution in [3.05, 3.63) is 12.2 Å². The maximum absolute atomic E-state index is 10.6. The first kappa shape index (κ1) is 18.8. The Morgan fingerprint density at radius 3 is 1.94 bits per heavy atom. The topological polar surface area (TPSA) is 101 Å². The minimum Gasteiger partial charge on any atom is -0.478 e. The number of carbonyl (C=O) groups is 2. The van der Waals surface area contributed by atoms with E-state index in [1.165, 1.54) is 6.08 Å². The summed E-state index contributed by atoms with van der Waals surface area (Å²) in [5, 5.41) is 15.4. The Kier molecular flexibility index (Phi) is 8.88. The van der Waals surface area contributed by atoms with E-state index in [0.29, 0.717) is 5.92 Å². The van der Waals surface area contributed by atoms with Crippen molar-refractivity contribution in [2.45, 2.75) is 32.5 Å². The molecule has 0 saturated carbocycles. The first-order valence-electron chi connectivity index (χ1n) is 4.99. The Balaban J connectivity index is 0. The summed E-state index contributed by atoms with van der Waals surface area (Å²) in [5.41, 5.74) is 5.63. The summed E-state index contributed by atoms with van der Waals surface area (Å²) >= 11 is 0. The highest BCUT2D eigenvalue weighted by atomic mass is 19.4. The van der Waals surface area contributed by atoms with Gasteiger partial charge in [-0.2, -0.15) is 13.2 Å². The SMILES string of the molecule is CC[C@H](C)C(N)C=CC(=O)O.O=C(O)C(F)(F)F. The van der Waals surface area contributed by atoms with Crippen LogP contribution in [0.15, 0.2) is 12.2 Å². The second kappa shape index (κ2) is 8.51. The highest BCUT2D eigenvalue weighted by Gasteiger charge is 2.38. The van der Waals surface area contributed by atoms with E-state index in [2.05, 4.69) is 0 Å². The van der Waals surface area contributed by atoms with E-state index < -0.39 is 18.1 Å². The molecule has 0 aromatic rings. The molecule has 0 aliphatic rings. The van der Waals surface area contributed by atoms with E-state index >= 15 is 0 Å². The maximum Gasteiger partial charge on any atom is 0.490 e. The smallest absolute Gasteiger partial charge is 0.478 e. The van der Waals surface area contributed by atoms with Crippen molar-refractivity contribution in [2.24, 2.45) is 11.7 Å². The molecule has 0 radical (unpaired) electrons. The zero-order valence-corrected chi connectivity index (χ0v) is 9.94. The van der Waals surface area contributed by atoms with Gasteiger partial charge in [-0.25, -0.2) is 9.59 Å². The summed E-state index contributed by atoms with van der Waals surface area (Å²) in [4.78, 5) is 19.0. The van der Waals surface area contributed by atoms with Gasteiger partial charge in [0.05, 0.1) is 0 Å². The maximum atomic E-state index is 10.6. The Morgan fingerprint density at radius 1 is 1.33 bits per heavy atom. The summed E-state index contributed by atoms with van der Waals surface area (Å²) in [5.74, 6) is -3.36. The quantitative estimate of drug-likeness (QED) is 0.675. The van der Waals surface area contributed by atoms with Crippen LogP contribution in [0.1, 0.15) is 20.3 Å². The zero-order valence-electron chi connectivity index (χ0n) is 9.94. The Morgan fingerprint density at radius 2 is 1.72 bits per heavy atom. The van der Waals surface area contributed by atoms with E-state index in [4.69, 9.17) is 20.7 Å². The lowest BCUT2D eigenvalue weighted by Gasteiger charge is -2.12. The third kappa shape index (κ3) is 10.9. The number of hydrogen-bond acceptors (Lipinski definition) is 3. The van der Waals surface area contributed by atoms with Crippen LogP contribution in [0, 0.1) is 5.92 Å². The lowest BCUT2D eigenvalue weighted by atomic mass is 10.00. The van der Waals surface area contributed by atoms with Crippen molar-refractivity contribution < 1.29 is 33.0 Å². The fourth-order valence-corrected chi connectivity index (χ4v) is 0.655. The largest absolute Gasteiger partial charge is 0.490 e. The minimum absolute atomic E-state index is 0.143. The fourth-order valence-electron chi connectivity index (χ4n) is 0.655. The van der Waals surface area contributed by atoms with Gasteiger partial charge in [-0.05, 0) is 5.92 Å². The van der Waals surface area contributed by atoms with Crippen LogP contribution in [0.25, 0.3) is 0 Å². The molecule has 0 aromatic heterocycles. The van der Waals surface area contributed by atoms with Crippen molar-refractivity contribution >= 4 is 11.9 Å². The van der Waals surface area contributed by atoms with Gasteiger partial charge >= 0.3 is 18.1 Å². The number of carboxylic acid groups (broad SMARTS) is 2. The number of hydrogen-bond donors (Lipinski definition) is 3. The average Bonchev–Trinajstić information content (AvgIpc) is 2.24. The molecule has 0 amide bonds. The molecule has 1 unspecified atom stereocenters. The first-order valence-corrected chi connectivity index (χ1v) is 4.99. The van der Waals surface area contributed by atoms with Crippen LogP contribution in [-0.4, -0.2) is 34.4 Å². The number of rotatable bonds is 4. The molecule has 0 aliphatic heterocycles. The van der Waals surface area contributed by atoms with Crippen LogP contribution < -0.4 is 5.73 Å². The van der Waals surface area contributed by atoms with E-state index in [0.717, 1.165) is 12.5 Å². The first-order chi connectivity index (χ1) is 8.02. The molecule has 8 heteroatoms. The monoisotopic (exact) mass is 271 g/mol. The van der Waals surface area contributed by atoms with Crippen molar-refractivity contribution in [3.63, 3.8) is 0 Å². The third-order valence-corrected chi connectivity index (χ3v) is 2.00. The van der Waals surface area contributed by atoms with Gasteiger partial charge in [0.15, 0.2) is 0 Å². The molecule has 0 spiro atoms. The molecule has 0 bridgehead atoms. The molecular weight excluding hydrogens is 255 g/mol. The molecule has 0 saturated heterocycles. The van der Waals surface area contributed by atoms with Crippen molar-refractivity contribution in [1.82, 2.24) is 0 Å². The van der Waals surface area contributed by atoms with Crippen LogP contribution in [0.2, 0.25) is 0 Å². The lowest BCUT2D eigenvalue weighted by molar-refractivity contribution is -0.192. The molecule has 0 rings (SSSR count). The number of carboxylic acids is 2. The highest BCUT2D eigenvalue weighted by Crippen LogP contribution is 2.13. The Hall–Kier alpha value is -1.57. The predicted octanol–water partition coefficient (Wildman–Crippen LogP) is 1.63. The molecule has 2 atom stereocenters. The van der Waals surface area contributed by atoms with Gasteiger partial charge in [-0.1, -0.05) is 26.3 Å². The van der Waals surface area contributed by atoms with Gasteiger partial charge in [-0.3, -0.25) is 0 Å². The standard InChI is InChI=1S/C8H15NO2.C2HF3O2/c1-3-6(2)7(9)4-5-8(10)11;3-2(4,5)1(6)7/h4-7H,3,9H2,1-2H3,(H,10,11);(H,6,7)/t6-,7?;/m0./s1. The van der Waals surface area contributed by atoms with Crippen LogP contribution in [0.4, 0.5) is 13.2 Å². The minimum atomic E-state index is -5.08. The normalized spacial score (nSPS) is 14.6. The van der Waals surface area contributed by atoms with Crippen LogP contribution in [-0.2, 0) is 9.59 Å². The Labute approximate surface area is 102 Å². The van der Waals surface area contributed by atoms with Crippen LogP contribution in [0.5, 0.6) is 0 Å².